The zero-order valence-corrected chi connectivity index (χ0v) is 33.6. The van der Waals surface area contributed by atoms with Crippen LogP contribution < -0.4 is 0 Å². The molecule has 0 aliphatic carbocycles. The molecule has 0 unspecified atom stereocenters. The largest absolute Gasteiger partial charge is 0.453 e. The van der Waals surface area contributed by atoms with E-state index in [1.54, 1.807) is 0 Å². The number of fused-ring (bicyclic) bond motifs is 17. The Labute approximate surface area is 360 Å². The van der Waals surface area contributed by atoms with E-state index in [1.165, 1.54) is 0 Å². The Morgan fingerprint density at radius 3 is 0.619 bits per heavy atom. The molecule has 12 rings (SSSR count). The van der Waals surface area contributed by atoms with Gasteiger partial charge in [-0.2, -0.15) is 0 Å². The van der Waals surface area contributed by atoms with Crippen molar-refractivity contribution < 1.29 is 22.1 Å². The first-order valence-electron chi connectivity index (χ1n) is 20.7. The average Bonchev–Trinajstić information content (AvgIpc) is 4.19. The number of benzene rings is 4. The van der Waals surface area contributed by atoms with E-state index >= 15 is 0 Å². The first kappa shape index (κ1) is 36.2. The Morgan fingerprint density at radius 1 is 0.206 bits per heavy atom. The molecular formula is C56H34N2O5. The van der Waals surface area contributed by atoms with E-state index in [0.717, 1.165) is 67.3 Å². The normalized spacial score (nSPS) is 12.0. The van der Waals surface area contributed by atoms with Crippen molar-refractivity contribution in [3.8, 4) is 44.5 Å². The molecule has 63 heavy (non-hydrogen) atoms. The fourth-order valence-corrected chi connectivity index (χ4v) is 8.39. The molecule has 0 N–H and O–H groups in total. The Bertz CT molecular complexity index is 3470. The molecule has 0 saturated heterocycles. The zero-order chi connectivity index (χ0) is 41.7. The maximum absolute atomic E-state index is 6.71. The number of furan rings is 5. The van der Waals surface area contributed by atoms with E-state index in [2.05, 4.69) is 48.5 Å². The van der Waals surface area contributed by atoms with Crippen LogP contribution in [0.15, 0.2) is 204 Å². The summed E-state index contributed by atoms with van der Waals surface area (Å²) >= 11 is 0. The predicted octanol–water partition coefficient (Wildman–Crippen LogP) is 15.8. The van der Waals surface area contributed by atoms with Gasteiger partial charge in [-0.25, -0.2) is 9.97 Å². The van der Waals surface area contributed by atoms with Crippen LogP contribution in [0.1, 0.15) is 22.8 Å². The lowest BCUT2D eigenvalue weighted by Crippen LogP contribution is -1.86. The molecule has 10 aromatic rings. The summed E-state index contributed by atoms with van der Waals surface area (Å²) in [4.78, 5) is 10.6. The Kier molecular flexibility index (Phi) is 8.67. The molecule has 4 aromatic carbocycles. The molecule has 7 heteroatoms. The molecule has 0 amide bonds. The maximum Gasteiger partial charge on any atom is 0.170 e. The van der Waals surface area contributed by atoms with Gasteiger partial charge in [0.05, 0.1) is 45.0 Å². The maximum atomic E-state index is 6.71. The molecule has 2 aliphatic heterocycles. The fraction of sp³-hybridized carbons (Fsp3) is 0. The van der Waals surface area contributed by atoms with Crippen molar-refractivity contribution >= 4 is 80.1 Å². The van der Waals surface area contributed by atoms with Gasteiger partial charge >= 0.3 is 0 Å². The number of hydrogen-bond donors (Lipinski definition) is 0. The minimum Gasteiger partial charge on any atom is -0.453 e. The quantitative estimate of drug-likeness (QED) is 0.175. The summed E-state index contributed by atoms with van der Waals surface area (Å²) < 4.78 is 33.1. The number of rotatable bonds is 4. The zero-order valence-electron chi connectivity index (χ0n) is 33.6. The summed E-state index contributed by atoms with van der Waals surface area (Å²) in [6.45, 7) is 0. The summed E-state index contributed by atoms with van der Waals surface area (Å²) in [7, 11) is 0. The Hall–Kier alpha value is -8.68. The lowest BCUT2D eigenvalue weighted by molar-refractivity contribution is 0.616. The van der Waals surface area contributed by atoms with Gasteiger partial charge in [0.2, 0.25) is 0 Å². The van der Waals surface area contributed by atoms with E-state index in [1.807, 2.05) is 158 Å². The number of hydrogen-bond acceptors (Lipinski definition) is 7. The third-order valence-corrected chi connectivity index (χ3v) is 11.3. The lowest BCUT2D eigenvalue weighted by Gasteiger charge is -2.04. The molecule has 6 aromatic heterocycles. The SMILES string of the molecule is C1=Cc2nc1c(-c1ccccc1)c1ccc(o1)c1ccc(o1)c(-c1ccccc1)c1nc(c(-c3ccccc3)c3ccc(o3)c3ccc(o3)c3ccc(o3)c2-c2ccccc2)C=C1. The molecule has 0 saturated carbocycles. The van der Waals surface area contributed by atoms with Crippen LogP contribution in [-0.2, 0) is 0 Å². The summed E-state index contributed by atoms with van der Waals surface area (Å²) in [6, 6.07) is 60.1. The standard InChI is InChI=1S/C56H34N2O5/c1-5-13-35(14-6-1)53-39-21-23-41(57-39)55(37-17-9-3-10-18-37)51-33-29-47(62-51)48-30-34-52(63-48)56(38-19-11-4-12-20-38)42-24-22-40(58-42)54(36-15-7-2-8-16-36)50-32-28-46(61-50)44-26-25-43(59-44)45-27-31-49(53)60-45/h1-34H. The average molecular weight is 815 g/mol. The molecule has 14 bridgehead atoms. The monoisotopic (exact) mass is 814 g/mol. The summed E-state index contributed by atoms with van der Waals surface area (Å²) in [5, 5.41) is 0. The molecule has 8 heterocycles. The van der Waals surface area contributed by atoms with Crippen LogP contribution in [0.3, 0.4) is 0 Å². The first-order valence-corrected chi connectivity index (χ1v) is 20.7. The van der Waals surface area contributed by atoms with Gasteiger partial charge in [-0.3, -0.25) is 0 Å². The molecule has 7 nitrogen and oxygen atoms in total. The van der Waals surface area contributed by atoms with Crippen molar-refractivity contribution in [3.63, 3.8) is 0 Å². The second-order valence-electron chi connectivity index (χ2n) is 15.2. The van der Waals surface area contributed by atoms with Crippen LogP contribution in [0.5, 0.6) is 0 Å². The van der Waals surface area contributed by atoms with Crippen molar-refractivity contribution in [2.45, 2.75) is 0 Å². The van der Waals surface area contributed by atoms with Crippen LogP contribution in [0.2, 0.25) is 0 Å². The van der Waals surface area contributed by atoms with Crippen LogP contribution in [0.4, 0.5) is 0 Å². The predicted molar refractivity (Wildman–Crippen MR) is 252 cm³/mol. The minimum atomic E-state index is 0.566. The third-order valence-electron chi connectivity index (χ3n) is 11.3. The highest BCUT2D eigenvalue weighted by Gasteiger charge is 2.19. The van der Waals surface area contributed by atoms with Crippen LogP contribution in [-0.4, -0.2) is 9.97 Å². The molecule has 0 spiro atoms. The second-order valence-corrected chi connectivity index (χ2v) is 15.2. The third kappa shape index (κ3) is 6.56. The summed E-state index contributed by atoms with van der Waals surface area (Å²) in [5.74, 6) is 0. The molecule has 0 radical (unpaired) electrons. The van der Waals surface area contributed by atoms with Crippen molar-refractivity contribution in [3.05, 3.63) is 205 Å². The summed E-state index contributed by atoms with van der Waals surface area (Å²) in [5.41, 5.74) is 16.3. The van der Waals surface area contributed by atoms with Crippen LogP contribution in [0, 0.1) is 0 Å². The van der Waals surface area contributed by atoms with Gasteiger partial charge in [0.1, 0.15) is 22.3 Å². The van der Waals surface area contributed by atoms with E-state index in [-0.39, 0.29) is 0 Å². The van der Waals surface area contributed by atoms with Crippen molar-refractivity contribution in [1.29, 1.82) is 0 Å². The second kappa shape index (κ2) is 15.1. The fourth-order valence-electron chi connectivity index (χ4n) is 8.39. The highest BCUT2D eigenvalue weighted by Crippen LogP contribution is 2.39. The van der Waals surface area contributed by atoms with Crippen LogP contribution >= 0.6 is 0 Å². The molecule has 298 valence electrons. The van der Waals surface area contributed by atoms with Gasteiger partial charge in [-0.15, -0.1) is 0 Å². The van der Waals surface area contributed by atoms with Crippen molar-refractivity contribution in [2.75, 3.05) is 0 Å². The highest BCUT2D eigenvalue weighted by atomic mass is 16.4. The number of nitrogens with zero attached hydrogens (tertiary/aromatic N) is 2. The van der Waals surface area contributed by atoms with E-state index < -0.39 is 0 Å². The van der Waals surface area contributed by atoms with Gasteiger partial charge in [0.15, 0.2) is 33.5 Å². The van der Waals surface area contributed by atoms with Crippen LogP contribution in [0.25, 0.3) is 125 Å². The van der Waals surface area contributed by atoms with Crippen molar-refractivity contribution in [2.24, 2.45) is 0 Å². The van der Waals surface area contributed by atoms with Gasteiger partial charge in [0.25, 0.3) is 0 Å². The van der Waals surface area contributed by atoms with Gasteiger partial charge < -0.3 is 22.1 Å². The van der Waals surface area contributed by atoms with E-state index in [0.29, 0.717) is 55.8 Å². The van der Waals surface area contributed by atoms with E-state index in [9.17, 15) is 0 Å². The Balaban J connectivity index is 1.21. The smallest absolute Gasteiger partial charge is 0.170 e. The van der Waals surface area contributed by atoms with Gasteiger partial charge in [0, 0.05) is 0 Å². The Morgan fingerprint density at radius 2 is 0.397 bits per heavy atom. The molecule has 0 atom stereocenters. The minimum absolute atomic E-state index is 0.566. The van der Waals surface area contributed by atoms with E-state index in [4.69, 9.17) is 32.1 Å². The van der Waals surface area contributed by atoms with Gasteiger partial charge in [-0.1, -0.05) is 121 Å². The van der Waals surface area contributed by atoms with Crippen molar-refractivity contribution in [1.82, 2.24) is 9.97 Å². The lowest BCUT2D eigenvalue weighted by atomic mass is 10.0. The summed E-state index contributed by atoms with van der Waals surface area (Å²) in [6.07, 6.45) is 8.11. The molecular weight excluding hydrogens is 781 g/mol. The van der Waals surface area contributed by atoms with Gasteiger partial charge in [-0.05, 0) is 107 Å². The topological polar surface area (TPSA) is 91.5 Å². The molecule has 0 fully saturated rings. The highest BCUT2D eigenvalue weighted by molar-refractivity contribution is 5.97. The first-order chi connectivity index (χ1) is 31.2. The number of aromatic nitrogens is 2. The molecule has 2 aliphatic rings.